The number of rotatable bonds is 14. The fourth-order valence-corrected chi connectivity index (χ4v) is 5.15. The van der Waals surface area contributed by atoms with Crippen LogP contribution in [-0.2, 0) is 11.8 Å². The van der Waals surface area contributed by atoms with E-state index >= 15 is 0 Å². The minimum absolute atomic E-state index is 0.0103. The summed E-state index contributed by atoms with van der Waals surface area (Å²) in [6.45, 7) is 15.0. The lowest BCUT2D eigenvalue weighted by Gasteiger charge is -2.23. The van der Waals surface area contributed by atoms with E-state index < -0.39 is 18.2 Å². The van der Waals surface area contributed by atoms with Gasteiger partial charge >= 0.3 is 5.97 Å². The van der Waals surface area contributed by atoms with Gasteiger partial charge in [0.1, 0.15) is 42.5 Å². The van der Waals surface area contributed by atoms with E-state index in [1.165, 1.54) is 22.0 Å². The van der Waals surface area contributed by atoms with Gasteiger partial charge in [-0.25, -0.2) is 4.79 Å². The average molecular weight is 725 g/mol. The molecule has 4 rings (SSSR count). The predicted molar refractivity (Wildman–Crippen MR) is 202 cm³/mol. The highest BCUT2D eigenvalue weighted by atomic mass is 32.1. The molecule has 1 amide bonds. The van der Waals surface area contributed by atoms with Crippen molar-refractivity contribution in [1.82, 2.24) is 15.2 Å². The topological polar surface area (TPSA) is 160 Å². The summed E-state index contributed by atoms with van der Waals surface area (Å²) in [5, 5.41) is 32.5. The molecule has 2 heterocycles. The van der Waals surface area contributed by atoms with Crippen molar-refractivity contribution in [3.8, 4) is 11.5 Å². The summed E-state index contributed by atoms with van der Waals surface area (Å²) >= 11 is 1.33. The molecule has 12 nitrogen and oxygen atoms in total. The van der Waals surface area contributed by atoms with Gasteiger partial charge in [-0.1, -0.05) is 24.3 Å². The summed E-state index contributed by atoms with van der Waals surface area (Å²) in [6.07, 6.45) is 0.298. The molecular formula is C38H52N4O8S. The number of anilines is 1. The highest BCUT2D eigenvalue weighted by Gasteiger charge is 2.19. The summed E-state index contributed by atoms with van der Waals surface area (Å²) in [5.41, 5.74) is 0.405. The van der Waals surface area contributed by atoms with E-state index in [1.807, 2.05) is 65.1 Å². The Kier molecular flexibility index (Phi) is 15.2. The molecule has 5 N–H and O–H groups in total. The molecule has 2 aromatic carbocycles. The number of pyridine rings is 1. The number of fused-ring (bicyclic) bond motifs is 1. The van der Waals surface area contributed by atoms with Crippen LogP contribution >= 0.6 is 11.3 Å². The summed E-state index contributed by atoms with van der Waals surface area (Å²) in [6, 6.07) is 15.6. The quantitative estimate of drug-likeness (QED) is 0.112. The van der Waals surface area contributed by atoms with E-state index in [2.05, 4.69) is 16.0 Å². The van der Waals surface area contributed by atoms with Gasteiger partial charge in [0.15, 0.2) is 0 Å². The molecule has 0 aliphatic rings. The summed E-state index contributed by atoms with van der Waals surface area (Å²) in [7, 11) is 1.69. The molecular weight excluding hydrogens is 673 g/mol. The number of benzene rings is 2. The zero-order valence-corrected chi connectivity index (χ0v) is 31.6. The number of aliphatic hydroxyl groups is 2. The number of carbonyl (C=O) groups is 2. The van der Waals surface area contributed by atoms with Crippen LogP contribution in [0.1, 0.15) is 68.5 Å². The highest BCUT2D eigenvalue weighted by molar-refractivity contribution is 7.12. The SMILES string of the molecule is CCOC(=O)c1cc(NC(=O)c2cccs2)ccc1OCC(O)CNC(C)(C)C.Cn1cc(OCC(O)CNC(C)(C)C)c2ccccc2c1=O. The van der Waals surface area contributed by atoms with Crippen molar-refractivity contribution in [2.75, 3.05) is 38.2 Å². The van der Waals surface area contributed by atoms with Crippen LogP contribution in [0.3, 0.4) is 0 Å². The van der Waals surface area contributed by atoms with Crippen molar-refractivity contribution in [3.63, 3.8) is 0 Å². The largest absolute Gasteiger partial charge is 0.490 e. The second-order valence-electron chi connectivity index (χ2n) is 14.0. The van der Waals surface area contributed by atoms with Crippen LogP contribution in [0, 0.1) is 0 Å². The van der Waals surface area contributed by atoms with Crippen molar-refractivity contribution in [1.29, 1.82) is 0 Å². The third kappa shape index (κ3) is 13.8. The Bertz CT molecular complexity index is 1780. The zero-order chi connectivity index (χ0) is 37.8. The minimum atomic E-state index is -0.748. The maximum atomic E-state index is 12.3. The van der Waals surface area contributed by atoms with Gasteiger partial charge in [-0.2, -0.15) is 0 Å². The van der Waals surface area contributed by atoms with E-state index in [0.717, 1.165) is 5.39 Å². The number of aliphatic hydroxyl groups excluding tert-OH is 2. The molecule has 4 aromatic rings. The van der Waals surface area contributed by atoms with Crippen molar-refractivity contribution >= 4 is 39.7 Å². The standard InChI is InChI=1S/C21H28N2O5S.C17H24N2O3/c1-5-27-20(26)16-11-14(23-19(25)18-7-6-10-29-18)8-9-17(16)28-13-15(24)12-22-21(2,3)4;1-17(2,3)18-9-12(20)11-22-15-10-19(4)16(21)14-8-6-5-7-13(14)15/h6-11,15,22,24H,5,12-13H2,1-4H3,(H,23,25);5-8,10,12,18,20H,9,11H2,1-4H3. The van der Waals surface area contributed by atoms with Gasteiger partial charge in [0.2, 0.25) is 0 Å². The Morgan fingerprint density at radius 3 is 1.98 bits per heavy atom. The van der Waals surface area contributed by atoms with Crippen LogP contribution in [0.4, 0.5) is 5.69 Å². The van der Waals surface area contributed by atoms with Crippen LogP contribution in [0.2, 0.25) is 0 Å². The third-order valence-corrected chi connectivity index (χ3v) is 8.00. The maximum absolute atomic E-state index is 12.3. The number of ether oxygens (including phenoxy) is 3. The highest BCUT2D eigenvalue weighted by Crippen LogP contribution is 2.25. The van der Waals surface area contributed by atoms with E-state index in [0.29, 0.717) is 34.8 Å². The number of aryl methyl sites for hydroxylation is 1. The second-order valence-corrected chi connectivity index (χ2v) is 15.0. The van der Waals surface area contributed by atoms with Crippen molar-refractivity contribution in [2.45, 2.75) is 71.8 Å². The fourth-order valence-electron chi connectivity index (χ4n) is 4.53. The van der Waals surface area contributed by atoms with Crippen LogP contribution in [0.15, 0.2) is 71.0 Å². The number of hydrogen-bond acceptors (Lipinski definition) is 11. The first kappa shape index (κ1) is 41.2. The molecule has 0 saturated carbocycles. The van der Waals surface area contributed by atoms with E-state index in [9.17, 15) is 24.6 Å². The first-order valence-corrected chi connectivity index (χ1v) is 17.7. The molecule has 278 valence electrons. The van der Waals surface area contributed by atoms with E-state index in [4.69, 9.17) is 14.2 Å². The summed E-state index contributed by atoms with van der Waals surface area (Å²) in [5.74, 6) is 0.0732. The number of amides is 1. The zero-order valence-electron chi connectivity index (χ0n) is 30.7. The molecule has 2 unspecified atom stereocenters. The van der Waals surface area contributed by atoms with Gasteiger partial charge in [0, 0.05) is 48.5 Å². The molecule has 2 atom stereocenters. The van der Waals surface area contributed by atoms with Crippen LogP contribution in [-0.4, -0.2) is 82.9 Å². The molecule has 13 heteroatoms. The maximum Gasteiger partial charge on any atom is 0.341 e. The van der Waals surface area contributed by atoms with Crippen LogP contribution in [0.25, 0.3) is 10.8 Å². The molecule has 0 spiro atoms. The van der Waals surface area contributed by atoms with Gasteiger partial charge in [-0.15, -0.1) is 11.3 Å². The van der Waals surface area contributed by atoms with Crippen LogP contribution in [0.5, 0.6) is 11.5 Å². The Labute approximate surface area is 303 Å². The molecule has 0 aliphatic carbocycles. The number of esters is 1. The van der Waals surface area contributed by atoms with Gasteiger partial charge < -0.3 is 44.9 Å². The Balaban J connectivity index is 0.000000286. The smallest absolute Gasteiger partial charge is 0.341 e. The lowest BCUT2D eigenvalue weighted by molar-refractivity contribution is 0.0515. The Hall–Kier alpha value is -4.27. The summed E-state index contributed by atoms with van der Waals surface area (Å²) < 4.78 is 18.0. The second kappa shape index (κ2) is 18.8. The lowest BCUT2D eigenvalue weighted by atomic mass is 10.1. The van der Waals surface area contributed by atoms with E-state index in [-0.39, 0.29) is 53.7 Å². The van der Waals surface area contributed by atoms with Crippen molar-refractivity contribution < 1.29 is 34.0 Å². The number of thiophene rings is 1. The number of nitrogens with zero attached hydrogens (tertiary/aromatic N) is 1. The number of hydrogen-bond donors (Lipinski definition) is 5. The Morgan fingerprint density at radius 1 is 0.843 bits per heavy atom. The fraction of sp³-hybridized carbons (Fsp3) is 0.447. The number of β-amino-alcohol motifs (C(OH)–C–C–N with tert-alkyl or cyclic N) is 2. The van der Waals surface area contributed by atoms with Crippen molar-refractivity contribution in [2.24, 2.45) is 7.05 Å². The molecule has 0 fully saturated rings. The molecule has 0 aliphatic heterocycles. The first-order valence-electron chi connectivity index (χ1n) is 16.8. The first-order chi connectivity index (χ1) is 24.0. The van der Waals surface area contributed by atoms with Crippen molar-refractivity contribution in [3.05, 3.63) is 87.0 Å². The van der Waals surface area contributed by atoms with Gasteiger partial charge in [0.05, 0.1) is 16.9 Å². The minimum Gasteiger partial charge on any atom is -0.490 e. The predicted octanol–water partition coefficient (Wildman–Crippen LogP) is 4.97. The average Bonchev–Trinajstić information content (AvgIpc) is 3.62. The molecule has 0 saturated heterocycles. The van der Waals surface area contributed by atoms with Crippen LogP contribution < -0.4 is 31.0 Å². The monoisotopic (exact) mass is 724 g/mol. The molecule has 0 radical (unpaired) electrons. The van der Waals surface area contributed by atoms with Gasteiger partial charge in [0.25, 0.3) is 11.5 Å². The summed E-state index contributed by atoms with van der Waals surface area (Å²) in [4.78, 5) is 37.2. The lowest BCUT2D eigenvalue weighted by Crippen LogP contribution is -2.42. The van der Waals surface area contributed by atoms with E-state index in [1.54, 1.807) is 50.5 Å². The number of nitrogens with one attached hydrogen (secondary N) is 3. The number of carbonyl (C=O) groups excluding carboxylic acids is 2. The number of aromatic nitrogens is 1. The molecule has 0 bridgehead atoms. The Morgan fingerprint density at radius 2 is 1.43 bits per heavy atom. The van der Waals surface area contributed by atoms with Gasteiger partial charge in [-0.05, 0) is 84.2 Å². The normalized spacial score (nSPS) is 12.7. The molecule has 2 aromatic heterocycles. The third-order valence-electron chi connectivity index (χ3n) is 7.13. The molecule has 51 heavy (non-hydrogen) atoms. The van der Waals surface area contributed by atoms with Gasteiger partial charge in [-0.3, -0.25) is 9.59 Å².